The van der Waals surface area contributed by atoms with Crippen LogP contribution in [0, 0.1) is 5.41 Å². The summed E-state index contributed by atoms with van der Waals surface area (Å²) < 4.78 is 10.9. The lowest BCUT2D eigenvalue weighted by Gasteiger charge is -2.59. The van der Waals surface area contributed by atoms with Gasteiger partial charge >= 0.3 is 12.1 Å². The maximum Gasteiger partial charge on any atom is 0.407 e. The molecule has 9 heteroatoms. The van der Waals surface area contributed by atoms with Crippen LogP contribution in [0.5, 0.6) is 5.75 Å². The van der Waals surface area contributed by atoms with Gasteiger partial charge in [0.1, 0.15) is 11.4 Å². The quantitative estimate of drug-likeness (QED) is 0.544. The molecule has 1 aromatic carbocycles. The smallest absolute Gasteiger partial charge is 0.407 e. The third-order valence-corrected chi connectivity index (χ3v) is 8.56. The Morgan fingerprint density at radius 3 is 2.53 bits per heavy atom. The van der Waals surface area contributed by atoms with Crippen molar-refractivity contribution in [1.29, 1.82) is 0 Å². The summed E-state index contributed by atoms with van der Waals surface area (Å²) in [6, 6.07) is 7.70. The molecule has 0 saturated carbocycles. The number of methoxy groups -OCH3 is 2. The number of anilines is 1. The number of piperidine rings is 1. The van der Waals surface area contributed by atoms with Crippen LogP contribution >= 0.6 is 0 Å². The molecule has 2 atom stereocenters. The number of pyridine rings is 1. The second-order valence-electron chi connectivity index (χ2n) is 11.4. The Bertz CT molecular complexity index is 1150. The monoisotopic (exact) mass is 526 g/mol. The molecule has 208 valence electrons. The predicted molar refractivity (Wildman–Crippen MR) is 148 cm³/mol. The van der Waals surface area contributed by atoms with Gasteiger partial charge in [-0.15, -0.1) is 0 Å². The molecular formula is C29H42N4O5. The number of hydrogen-bond acceptors (Lipinski definition) is 7. The summed E-state index contributed by atoms with van der Waals surface area (Å²) in [6.07, 6.45) is 4.37. The molecule has 1 N–H and O–H groups in total. The Morgan fingerprint density at radius 2 is 1.84 bits per heavy atom. The van der Waals surface area contributed by atoms with Crippen molar-refractivity contribution in [2.75, 3.05) is 51.8 Å². The number of carbonyl (C=O) groups excluding carboxylic acids is 1. The first-order valence-corrected chi connectivity index (χ1v) is 13.6. The van der Waals surface area contributed by atoms with E-state index in [2.05, 4.69) is 41.6 Å². The maximum absolute atomic E-state index is 12.8. The number of amides is 1. The molecule has 0 bridgehead atoms. The summed E-state index contributed by atoms with van der Waals surface area (Å²) in [5.41, 5.74) is 0.771. The number of benzene rings is 1. The molecule has 1 aromatic heterocycles. The first kappa shape index (κ1) is 28.0. The minimum Gasteiger partial charge on any atom is -0.494 e. The van der Waals surface area contributed by atoms with Crippen molar-refractivity contribution in [3.05, 3.63) is 30.5 Å². The lowest BCUT2D eigenvalue weighted by atomic mass is 9.62. The second-order valence-corrected chi connectivity index (χ2v) is 11.4. The van der Waals surface area contributed by atoms with Crippen LogP contribution in [0.25, 0.3) is 10.9 Å². The zero-order valence-electron chi connectivity index (χ0n) is 23.4. The molecule has 2 aliphatic rings. The van der Waals surface area contributed by atoms with Crippen LogP contribution in [0.2, 0.25) is 0 Å². The number of aromatic nitrogens is 1. The third kappa shape index (κ3) is 5.13. The second kappa shape index (κ2) is 11.4. The Balaban J connectivity index is 1.72. The van der Waals surface area contributed by atoms with Crippen molar-refractivity contribution in [2.45, 2.75) is 64.5 Å². The van der Waals surface area contributed by atoms with Gasteiger partial charge in [-0.25, -0.2) is 4.79 Å². The van der Waals surface area contributed by atoms with Crippen LogP contribution in [0.3, 0.4) is 0 Å². The molecule has 2 aliphatic heterocycles. The first-order chi connectivity index (χ1) is 18.1. The highest BCUT2D eigenvalue weighted by Gasteiger charge is 2.57. The normalized spacial score (nSPS) is 22.1. The van der Waals surface area contributed by atoms with Gasteiger partial charge in [0.2, 0.25) is 0 Å². The van der Waals surface area contributed by atoms with E-state index in [4.69, 9.17) is 9.47 Å². The first-order valence-electron chi connectivity index (χ1n) is 13.6. The minimum absolute atomic E-state index is 0.149. The van der Waals surface area contributed by atoms with E-state index >= 15 is 0 Å². The molecule has 0 radical (unpaired) electrons. The molecular weight excluding hydrogens is 484 g/mol. The van der Waals surface area contributed by atoms with Crippen molar-refractivity contribution in [2.24, 2.45) is 5.41 Å². The fourth-order valence-corrected chi connectivity index (χ4v) is 6.79. The Labute approximate surface area is 225 Å². The summed E-state index contributed by atoms with van der Waals surface area (Å²) in [6.45, 7) is 9.74. The van der Waals surface area contributed by atoms with Gasteiger partial charge in [-0.2, -0.15) is 0 Å². The molecule has 2 unspecified atom stereocenters. The van der Waals surface area contributed by atoms with Gasteiger partial charge in [-0.1, -0.05) is 26.8 Å². The van der Waals surface area contributed by atoms with Crippen LogP contribution in [-0.4, -0.2) is 90.5 Å². The molecule has 0 aliphatic carbocycles. The predicted octanol–water partition coefficient (Wildman–Crippen LogP) is 4.64. The van der Waals surface area contributed by atoms with Gasteiger partial charge in [0.25, 0.3) is 0 Å². The molecule has 0 spiro atoms. The molecule has 2 aromatic rings. The van der Waals surface area contributed by atoms with Gasteiger partial charge in [0.05, 0.1) is 31.7 Å². The average Bonchev–Trinajstić information content (AvgIpc) is 3.16. The van der Waals surface area contributed by atoms with E-state index in [9.17, 15) is 14.7 Å². The zero-order valence-corrected chi connectivity index (χ0v) is 23.4. The van der Waals surface area contributed by atoms with Crippen LogP contribution in [0.4, 0.5) is 10.5 Å². The minimum atomic E-state index is -0.919. The van der Waals surface area contributed by atoms with Crippen molar-refractivity contribution >= 4 is 28.7 Å². The number of hydrogen-bond donors (Lipinski definition) is 1. The number of ether oxygens (including phenoxy) is 2. The number of carboxylic acid groups (broad SMARTS) is 1. The Hall–Kier alpha value is -3.07. The van der Waals surface area contributed by atoms with Crippen LogP contribution in [0.1, 0.15) is 52.9 Å². The Kier molecular flexibility index (Phi) is 8.35. The summed E-state index contributed by atoms with van der Waals surface area (Å²) in [7, 11) is 3.09. The molecule has 2 saturated heterocycles. The summed E-state index contributed by atoms with van der Waals surface area (Å²) in [5.74, 6) is 0.474. The summed E-state index contributed by atoms with van der Waals surface area (Å²) in [4.78, 5) is 36.4. The SMILES string of the molecule is COC(=O)CC(N1CCCN(c2c(OC)ccc3cccnc23)CC1)C1(C(C)(C)C)CCCCN1C(=O)O. The fourth-order valence-electron chi connectivity index (χ4n) is 6.79. The highest BCUT2D eigenvalue weighted by molar-refractivity contribution is 5.94. The van der Waals surface area contributed by atoms with E-state index < -0.39 is 11.6 Å². The summed E-state index contributed by atoms with van der Waals surface area (Å²) >= 11 is 0. The van der Waals surface area contributed by atoms with Gasteiger partial charge in [0.15, 0.2) is 0 Å². The standard InChI is InChI=1S/C29H42N4O5/c1-28(2,3)29(13-6-7-17-33(29)27(35)36)23(20-24(34)38-5)31-15-9-16-32(19-18-31)26-22(37-4)12-11-21-10-8-14-30-25(21)26/h8,10-12,14,23H,6-7,9,13,15-20H2,1-5H3,(H,35,36). The highest BCUT2D eigenvalue weighted by atomic mass is 16.5. The van der Waals surface area contributed by atoms with Crippen molar-refractivity contribution < 1.29 is 24.2 Å². The van der Waals surface area contributed by atoms with Crippen molar-refractivity contribution in [1.82, 2.24) is 14.8 Å². The molecule has 3 heterocycles. The van der Waals surface area contributed by atoms with E-state index in [1.165, 1.54) is 7.11 Å². The number of fused-ring (bicyclic) bond motifs is 1. The Morgan fingerprint density at radius 1 is 1.05 bits per heavy atom. The molecule has 2 fully saturated rings. The van der Waals surface area contributed by atoms with E-state index in [1.807, 2.05) is 18.2 Å². The number of nitrogens with zero attached hydrogens (tertiary/aromatic N) is 4. The van der Waals surface area contributed by atoms with E-state index in [-0.39, 0.29) is 23.8 Å². The van der Waals surface area contributed by atoms with Gasteiger partial charge in [-0.05, 0) is 49.3 Å². The lowest BCUT2D eigenvalue weighted by Crippen LogP contribution is -2.71. The number of carbonyl (C=O) groups is 2. The van der Waals surface area contributed by atoms with Crippen molar-refractivity contribution in [3.8, 4) is 5.75 Å². The number of esters is 1. The topological polar surface area (TPSA) is 95.4 Å². The zero-order chi connectivity index (χ0) is 27.5. The van der Waals surface area contributed by atoms with E-state index in [1.54, 1.807) is 18.2 Å². The van der Waals surface area contributed by atoms with E-state index in [0.29, 0.717) is 26.1 Å². The van der Waals surface area contributed by atoms with Crippen molar-refractivity contribution in [3.63, 3.8) is 0 Å². The molecule has 4 rings (SSSR count). The third-order valence-electron chi connectivity index (χ3n) is 8.56. The molecule has 9 nitrogen and oxygen atoms in total. The van der Waals surface area contributed by atoms with Gasteiger partial charge in [0, 0.05) is 50.3 Å². The maximum atomic E-state index is 12.8. The van der Waals surface area contributed by atoms with Gasteiger partial charge in [-0.3, -0.25) is 14.7 Å². The number of likely N-dealkylation sites (tertiary alicyclic amines) is 1. The van der Waals surface area contributed by atoms with Crippen LogP contribution < -0.4 is 9.64 Å². The van der Waals surface area contributed by atoms with Crippen LogP contribution in [-0.2, 0) is 9.53 Å². The fraction of sp³-hybridized carbons (Fsp3) is 0.621. The molecule has 1 amide bonds. The largest absolute Gasteiger partial charge is 0.494 e. The average molecular weight is 527 g/mol. The van der Waals surface area contributed by atoms with E-state index in [0.717, 1.165) is 54.7 Å². The highest BCUT2D eigenvalue weighted by Crippen LogP contribution is 2.48. The summed E-state index contributed by atoms with van der Waals surface area (Å²) in [5, 5.41) is 11.4. The lowest BCUT2D eigenvalue weighted by molar-refractivity contribution is -0.147. The number of rotatable bonds is 6. The van der Waals surface area contributed by atoms with Gasteiger partial charge < -0.3 is 24.4 Å². The molecule has 38 heavy (non-hydrogen) atoms. The van der Waals surface area contributed by atoms with Crippen LogP contribution in [0.15, 0.2) is 30.5 Å².